The third-order valence-electron chi connectivity index (χ3n) is 2.42. The summed E-state index contributed by atoms with van der Waals surface area (Å²) in [5.74, 6) is -0.0756. The van der Waals surface area contributed by atoms with Crippen LogP contribution in [0.15, 0.2) is 24.4 Å². The summed E-state index contributed by atoms with van der Waals surface area (Å²) in [5.41, 5.74) is 0.489. The van der Waals surface area contributed by atoms with Crippen LogP contribution in [-0.4, -0.2) is 32.1 Å². The van der Waals surface area contributed by atoms with Crippen molar-refractivity contribution in [1.82, 2.24) is 16.0 Å². The first-order chi connectivity index (χ1) is 7.24. The fraction of sp³-hybridized carbons (Fsp3) is 0.545. The molecule has 1 aliphatic heterocycles. The van der Waals surface area contributed by atoms with E-state index in [2.05, 4.69) is 22.5 Å². The zero-order valence-corrected chi connectivity index (χ0v) is 9.18. The lowest BCUT2D eigenvalue weighted by Gasteiger charge is -2.23. The van der Waals surface area contributed by atoms with Crippen molar-refractivity contribution in [3.8, 4) is 0 Å². The van der Waals surface area contributed by atoms with Crippen molar-refractivity contribution in [1.29, 1.82) is 0 Å². The standard InChI is InChI=1S/C11H19N3O/c1-9(3-6-12-2)11(15)14-10-4-7-13-8-5-10/h3,6,10,12-13H,1,4-5,7-8H2,2H3,(H,14,15)/b6-3-. The fourth-order valence-electron chi connectivity index (χ4n) is 1.50. The third-order valence-corrected chi connectivity index (χ3v) is 2.42. The molecule has 1 fully saturated rings. The molecule has 84 valence electrons. The average Bonchev–Trinajstić information content (AvgIpc) is 2.27. The normalized spacial score (nSPS) is 17.7. The van der Waals surface area contributed by atoms with Crippen LogP contribution in [0.4, 0.5) is 0 Å². The topological polar surface area (TPSA) is 53.2 Å². The second-order valence-corrected chi connectivity index (χ2v) is 3.64. The summed E-state index contributed by atoms with van der Waals surface area (Å²) < 4.78 is 0. The monoisotopic (exact) mass is 209 g/mol. The highest BCUT2D eigenvalue weighted by Gasteiger charge is 2.15. The van der Waals surface area contributed by atoms with Gasteiger partial charge in [-0.3, -0.25) is 4.79 Å². The average molecular weight is 209 g/mol. The van der Waals surface area contributed by atoms with Gasteiger partial charge in [0.2, 0.25) is 0 Å². The Labute approximate surface area is 90.8 Å². The van der Waals surface area contributed by atoms with Crippen molar-refractivity contribution in [2.75, 3.05) is 20.1 Å². The van der Waals surface area contributed by atoms with Gasteiger partial charge in [-0.15, -0.1) is 0 Å². The van der Waals surface area contributed by atoms with Crippen molar-refractivity contribution in [3.05, 3.63) is 24.4 Å². The highest BCUT2D eigenvalue weighted by atomic mass is 16.1. The number of nitrogens with one attached hydrogen (secondary N) is 3. The van der Waals surface area contributed by atoms with Gasteiger partial charge in [0.15, 0.2) is 0 Å². The quantitative estimate of drug-likeness (QED) is 0.456. The molecule has 1 aliphatic rings. The molecule has 3 N–H and O–H groups in total. The maximum atomic E-state index is 11.6. The molecular formula is C11H19N3O. The van der Waals surface area contributed by atoms with Crippen molar-refractivity contribution in [2.45, 2.75) is 18.9 Å². The Morgan fingerprint density at radius 2 is 2.13 bits per heavy atom. The van der Waals surface area contributed by atoms with Crippen LogP contribution in [0.5, 0.6) is 0 Å². The fourth-order valence-corrected chi connectivity index (χ4v) is 1.50. The maximum Gasteiger partial charge on any atom is 0.250 e. The molecule has 0 spiro atoms. The summed E-state index contributed by atoms with van der Waals surface area (Å²) >= 11 is 0. The van der Waals surface area contributed by atoms with Gasteiger partial charge in [-0.1, -0.05) is 6.58 Å². The zero-order chi connectivity index (χ0) is 11.1. The van der Waals surface area contributed by atoms with Crippen LogP contribution in [0.25, 0.3) is 0 Å². The Balaban J connectivity index is 2.33. The lowest BCUT2D eigenvalue weighted by atomic mass is 10.1. The van der Waals surface area contributed by atoms with E-state index in [0.717, 1.165) is 25.9 Å². The Bertz CT molecular complexity index is 255. The molecule has 0 aromatic carbocycles. The Hall–Kier alpha value is -1.29. The number of carbonyl (C=O) groups is 1. The molecule has 0 atom stereocenters. The molecule has 4 heteroatoms. The first-order valence-electron chi connectivity index (χ1n) is 5.28. The third kappa shape index (κ3) is 4.16. The molecule has 0 saturated carbocycles. The predicted octanol–water partition coefficient (Wildman–Crippen LogP) is 0.144. The Kier molecular flexibility index (Phi) is 4.90. The van der Waals surface area contributed by atoms with E-state index in [-0.39, 0.29) is 5.91 Å². The van der Waals surface area contributed by atoms with Crippen LogP contribution in [0.1, 0.15) is 12.8 Å². The van der Waals surface area contributed by atoms with Crippen LogP contribution in [0.3, 0.4) is 0 Å². The zero-order valence-electron chi connectivity index (χ0n) is 9.18. The van der Waals surface area contributed by atoms with Gasteiger partial charge in [0.25, 0.3) is 5.91 Å². The number of hydrogen-bond acceptors (Lipinski definition) is 3. The van der Waals surface area contributed by atoms with Crippen molar-refractivity contribution in [2.24, 2.45) is 0 Å². The van der Waals surface area contributed by atoms with Gasteiger partial charge in [0, 0.05) is 18.7 Å². The van der Waals surface area contributed by atoms with Crippen LogP contribution >= 0.6 is 0 Å². The number of amides is 1. The summed E-state index contributed by atoms with van der Waals surface area (Å²) in [6.45, 7) is 5.66. The summed E-state index contributed by atoms with van der Waals surface area (Å²) in [6.07, 6.45) is 5.37. The summed E-state index contributed by atoms with van der Waals surface area (Å²) in [7, 11) is 1.79. The molecule has 0 bridgehead atoms. The summed E-state index contributed by atoms with van der Waals surface area (Å²) in [4.78, 5) is 11.6. The van der Waals surface area contributed by atoms with Gasteiger partial charge < -0.3 is 16.0 Å². The van der Waals surface area contributed by atoms with E-state index in [9.17, 15) is 4.79 Å². The molecule has 4 nitrogen and oxygen atoms in total. The van der Waals surface area contributed by atoms with Gasteiger partial charge in [0.1, 0.15) is 0 Å². The minimum Gasteiger partial charge on any atom is -0.394 e. The van der Waals surface area contributed by atoms with E-state index in [0.29, 0.717) is 11.6 Å². The number of piperidine rings is 1. The first-order valence-corrected chi connectivity index (χ1v) is 5.28. The highest BCUT2D eigenvalue weighted by molar-refractivity contribution is 5.95. The molecule has 1 amide bonds. The molecule has 0 unspecified atom stereocenters. The summed E-state index contributed by atoms with van der Waals surface area (Å²) in [6, 6.07) is 0.290. The number of rotatable bonds is 4. The van der Waals surface area contributed by atoms with Gasteiger partial charge >= 0.3 is 0 Å². The van der Waals surface area contributed by atoms with E-state index in [1.54, 1.807) is 19.3 Å². The molecule has 0 aromatic heterocycles. The van der Waals surface area contributed by atoms with Gasteiger partial charge in [-0.05, 0) is 38.2 Å². The van der Waals surface area contributed by atoms with Gasteiger partial charge in [-0.25, -0.2) is 0 Å². The highest BCUT2D eigenvalue weighted by Crippen LogP contribution is 2.03. The lowest BCUT2D eigenvalue weighted by molar-refractivity contribution is -0.118. The van der Waals surface area contributed by atoms with Crippen molar-refractivity contribution < 1.29 is 4.79 Å². The second-order valence-electron chi connectivity index (χ2n) is 3.64. The SMILES string of the molecule is C=C(/C=C\NC)C(=O)NC1CCNCC1. The van der Waals surface area contributed by atoms with Crippen LogP contribution < -0.4 is 16.0 Å². The van der Waals surface area contributed by atoms with E-state index in [1.807, 2.05) is 0 Å². The van der Waals surface area contributed by atoms with Crippen LogP contribution in [0, 0.1) is 0 Å². The Morgan fingerprint density at radius 3 is 2.73 bits per heavy atom. The Morgan fingerprint density at radius 1 is 1.47 bits per heavy atom. The van der Waals surface area contributed by atoms with Crippen LogP contribution in [0.2, 0.25) is 0 Å². The molecule has 0 radical (unpaired) electrons. The number of hydrogen-bond donors (Lipinski definition) is 3. The van der Waals surface area contributed by atoms with E-state index >= 15 is 0 Å². The molecule has 0 aromatic rings. The minimum absolute atomic E-state index is 0.0756. The molecule has 1 rings (SSSR count). The smallest absolute Gasteiger partial charge is 0.250 e. The number of carbonyl (C=O) groups excluding carboxylic acids is 1. The summed E-state index contributed by atoms with van der Waals surface area (Å²) in [5, 5.41) is 9.05. The van der Waals surface area contributed by atoms with Crippen molar-refractivity contribution >= 4 is 5.91 Å². The maximum absolute atomic E-state index is 11.6. The van der Waals surface area contributed by atoms with E-state index in [1.165, 1.54) is 0 Å². The van der Waals surface area contributed by atoms with E-state index < -0.39 is 0 Å². The lowest BCUT2D eigenvalue weighted by Crippen LogP contribution is -2.42. The van der Waals surface area contributed by atoms with Crippen LogP contribution in [-0.2, 0) is 4.79 Å². The van der Waals surface area contributed by atoms with E-state index in [4.69, 9.17) is 0 Å². The molecule has 1 heterocycles. The largest absolute Gasteiger partial charge is 0.394 e. The molecule has 1 saturated heterocycles. The van der Waals surface area contributed by atoms with Gasteiger partial charge in [0.05, 0.1) is 0 Å². The first kappa shape index (κ1) is 11.8. The molecule has 15 heavy (non-hydrogen) atoms. The second kappa shape index (κ2) is 6.24. The minimum atomic E-state index is -0.0756. The molecular weight excluding hydrogens is 190 g/mol. The van der Waals surface area contributed by atoms with Crippen molar-refractivity contribution in [3.63, 3.8) is 0 Å². The van der Waals surface area contributed by atoms with Gasteiger partial charge in [-0.2, -0.15) is 0 Å². The predicted molar refractivity (Wildman–Crippen MR) is 61.4 cm³/mol. The molecule has 0 aliphatic carbocycles.